The fourth-order valence-corrected chi connectivity index (χ4v) is 1.71. The molecule has 4 nitrogen and oxygen atoms in total. The van der Waals surface area contributed by atoms with Gasteiger partial charge in [0.25, 0.3) is 0 Å². The molecule has 0 saturated heterocycles. The third kappa shape index (κ3) is 1.80. The maximum absolute atomic E-state index is 13.5. The molecule has 0 atom stereocenters. The summed E-state index contributed by atoms with van der Waals surface area (Å²) in [7, 11) is 0. The van der Waals surface area contributed by atoms with Crippen molar-refractivity contribution in [3.63, 3.8) is 0 Å². The summed E-state index contributed by atoms with van der Waals surface area (Å²) in [6.45, 7) is 1.87. The Morgan fingerprint density at radius 2 is 2.38 bits per heavy atom. The van der Waals surface area contributed by atoms with Crippen molar-refractivity contribution in [3.8, 4) is 0 Å². The molecule has 0 bridgehead atoms. The van der Waals surface area contributed by atoms with Gasteiger partial charge < -0.3 is 4.74 Å². The minimum atomic E-state index is -0.823. The lowest BCUT2D eigenvalue weighted by Crippen LogP contribution is -2.06. The summed E-state index contributed by atoms with van der Waals surface area (Å²) in [5.41, 5.74) is 0.258. The lowest BCUT2D eigenvalue weighted by atomic mass is 10.2. The third-order valence-corrected chi connectivity index (χ3v) is 2.50. The molecule has 2 aromatic rings. The standard InChI is InChI=1S/C10H8BrFN2O2/c1-2-16-10(15)8-7-4-3-6(11)5-14(7)13-9(8)12/h3-5H,2H2,1H3. The van der Waals surface area contributed by atoms with Crippen molar-refractivity contribution < 1.29 is 13.9 Å². The molecule has 2 aromatic heterocycles. The fraction of sp³-hybridized carbons (Fsp3) is 0.200. The summed E-state index contributed by atoms with van der Waals surface area (Å²) in [6.07, 6.45) is 1.57. The van der Waals surface area contributed by atoms with Crippen LogP contribution in [0.3, 0.4) is 0 Å². The smallest absolute Gasteiger partial charge is 0.345 e. The second-order valence-electron chi connectivity index (χ2n) is 3.06. The van der Waals surface area contributed by atoms with E-state index >= 15 is 0 Å². The number of carbonyl (C=O) groups is 1. The second-order valence-corrected chi connectivity index (χ2v) is 3.98. The molecule has 0 radical (unpaired) electrons. The summed E-state index contributed by atoms with van der Waals surface area (Å²) in [6, 6.07) is 3.31. The Balaban J connectivity index is 2.60. The van der Waals surface area contributed by atoms with E-state index in [1.54, 1.807) is 25.3 Å². The highest BCUT2D eigenvalue weighted by atomic mass is 79.9. The van der Waals surface area contributed by atoms with Crippen LogP contribution in [0.1, 0.15) is 17.3 Å². The van der Waals surface area contributed by atoms with Crippen LogP contribution in [0, 0.1) is 5.95 Å². The number of hydrogen-bond donors (Lipinski definition) is 0. The molecule has 16 heavy (non-hydrogen) atoms. The highest BCUT2D eigenvalue weighted by molar-refractivity contribution is 9.10. The Hall–Kier alpha value is -1.43. The van der Waals surface area contributed by atoms with Crippen molar-refractivity contribution in [1.29, 1.82) is 0 Å². The molecule has 2 rings (SSSR count). The zero-order valence-electron chi connectivity index (χ0n) is 8.41. The summed E-state index contributed by atoms with van der Waals surface area (Å²) in [4.78, 5) is 11.5. The van der Waals surface area contributed by atoms with E-state index in [2.05, 4.69) is 21.0 Å². The topological polar surface area (TPSA) is 43.6 Å². The van der Waals surface area contributed by atoms with Gasteiger partial charge in [-0.3, -0.25) is 0 Å². The number of esters is 1. The molecule has 0 N–H and O–H groups in total. The molecule has 0 amide bonds. The van der Waals surface area contributed by atoms with Crippen LogP contribution < -0.4 is 0 Å². The molecule has 0 aliphatic rings. The van der Waals surface area contributed by atoms with Crippen LogP contribution in [0.25, 0.3) is 5.52 Å². The van der Waals surface area contributed by atoms with Crippen LogP contribution >= 0.6 is 15.9 Å². The van der Waals surface area contributed by atoms with Crippen molar-refractivity contribution in [1.82, 2.24) is 9.61 Å². The molecule has 84 valence electrons. The van der Waals surface area contributed by atoms with E-state index in [9.17, 15) is 9.18 Å². The van der Waals surface area contributed by atoms with E-state index < -0.39 is 11.9 Å². The summed E-state index contributed by atoms with van der Waals surface area (Å²) in [5, 5.41) is 3.60. The Morgan fingerprint density at radius 3 is 3.06 bits per heavy atom. The molecule has 2 heterocycles. The molecule has 0 aromatic carbocycles. The zero-order valence-corrected chi connectivity index (χ0v) is 9.99. The van der Waals surface area contributed by atoms with Crippen LogP contribution in [0.15, 0.2) is 22.8 Å². The van der Waals surface area contributed by atoms with Crippen molar-refractivity contribution >= 4 is 27.4 Å². The largest absolute Gasteiger partial charge is 0.462 e. The van der Waals surface area contributed by atoms with Gasteiger partial charge in [-0.2, -0.15) is 4.39 Å². The minimum Gasteiger partial charge on any atom is -0.462 e. The first-order valence-electron chi connectivity index (χ1n) is 4.64. The Kier molecular flexibility index (Phi) is 2.91. The van der Waals surface area contributed by atoms with E-state index in [4.69, 9.17) is 4.74 Å². The number of hydrogen-bond acceptors (Lipinski definition) is 3. The SMILES string of the molecule is CCOC(=O)c1c(F)nn2cc(Br)ccc12. The van der Waals surface area contributed by atoms with E-state index in [1.165, 1.54) is 4.52 Å². The molecule has 0 unspecified atom stereocenters. The van der Waals surface area contributed by atoms with Crippen molar-refractivity contribution in [2.24, 2.45) is 0 Å². The molecule has 0 fully saturated rings. The van der Waals surface area contributed by atoms with Gasteiger partial charge in [0, 0.05) is 10.7 Å². The normalized spacial score (nSPS) is 10.7. The quantitative estimate of drug-likeness (QED) is 0.797. The lowest BCUT2D eigenvalue weighted by Gasteiger charge is -1.99. The van der Waals surface area contributed by atoms with Crippen molar-refractivity contribution in [2.45, 2.75) is 6.92 Å². The van der Waals surface area contributed by atoms with Gasteiger partial charge in [-0.1, -0.05) is 0 Å². The minimum absolute atomic E-state index is 0.130. The molecular weight excluding hydrogens is 279 g/mol. The summed E-state index contributed by atoms with van der Waals surface area (Å²) < 4.78 is 20.3. The van der Waals surface area contributed by atoms with E-state index in [0.717, 1.165) is 4.47 Å². The van der Waals surface area contributed by atoms with Crippen LogP contribution in [0.5, 0.6) is 0 Å². The average molecular weight is 287 g/mol. The van der Waals surface area contributed by atoms with Gasteiger partial charge in [-0.15, -0.1) is 5.10 Å². The molecule has 0 spiro atoms. The summed E-state index contributed by atoms with van der Waals surface area (Å²) >= 11 is 3.23. The van der Waals surface area contributed by atoms with Gasteiger partial charge >= 0.3 is 5.97 Å². The number of pyridine rings is 1. The second kappa shape index (κ2) is 4.21. The summed E-state index contributed by atoms with van der Waals surface area (Å²) in [5.74, 6) is -1.52. The van der Waals surface area contributed by atoms with Crippen LogP contribution in [-0.2, 0) is 4.74 Å². The Morgan fingerprint density at radius 1 is 1.62 bits per heavy atom. The van der Waals surface area contributed by atoms with E-state index in [0.29, 0.717) is 5.52 Å². The van der Waals surface area contributed by atoms with Gasteiger partial charge in [0.2, 0.25) is 5.95 Å². The first kappa shape index (κ1) is 11.1. The van der Waals surface area contributed by atoms with Crippen molar-refractivity contribution in [2.75, 3.05) is 6.61 Å². The van der Waals surface area contributed by atoms with Crippen molar-refractivity contribution in [3.05, 3.63) is 34.3 Å². The number of rotatable bonds is 2. The number of nitrogens with zero attached hydrogens (tertiary/aromatic N) is 2. The third-order valence-electron chi connectivity index (χ3n) is 2.03. The highest BCUT2D eigenvalue weighted by Gasteiger charge is 2.20. The molecule has 0 aliphatic carbocycles. The number of halogens is 2. The zero-order chi connectivity index (χ0) is 11.7. The van der Waals surface area contributed by atoms with Gasteiger partial charge in [-0.05, 0) is 35.0 Å². The van der Waals surface area contributed by atoms with Gasteiger partial charge in [0.15, 0.2) is 0 Å². The molecule has 0 saturated carbocycles. The Labute approximate surface area is 99.1 Å². The van der Waals surface area contributed by atoms with E-state index in [-0.39, 0.29) is 12.2 Å². The van der Waals surface area contributed by atoms with Crippen LogP contribution in [-0.4, -0.2) is 22.2 Å². The predicted octanol–water partition coefficient (Wildman–Crippen LogP) is 2.41. The monoisotopic (exact) mass is 286 g/mol. The fourth-order valence-electron chi connectivity index (χ4n) is 1.39. The number of ether oxygens (including phenoxy) is 1. The van der Waals surface area contributed by atoms with Gasteiger partial charge in [0.1, 0.15) is 5.56 Å². The van der Waals surface area contributed by atoms with E-state index in [1.807, 2.05) is 0 Å². The first-order chi connectivity index (χ1) is 7.63. The molecular formula is C10H8BrFN2O2. The van der Waals surface area contributed by atoms with Gasteiger partial charge in [-0.25, -0.2) is 9.31 Å². The number of fused-ring (bicyclic) bond motifs is 1. The molecule has 6 heteroatoms. The van der Waals surface area contributed by atoms with Crippen LogP contribution in [0.2, 0.25) is 0 Å². The average Bonchev–Trinajstić information content (AvgIpc) is 2.53. The number of carbonyl (C=O) groups excluding carboxylic acids is 1. The first-order valence-corrected chi connectivity index (χ1v) is 5.43. The predicted molar refractivity (Wildman–Crippen MR) is 58.8 cm³/mol. The highest BCUT2D eigenvalue weighted by Crippen LogP contribution is 2.18. The molecule has 0 aliphatic heterocycles. The number of aromatic nitrogens is 2. The maximum atomic E-state index is 13.5. The van der Waals surface area contributed by atoms with Crippen LogP contribution in [0.4, 0.5) is 4.39 Å². The Bertz CT molecular complexity index is 553. The van der Waals surface area contributed by atoms with Gasteiger partial charge in [0.05, 0.1) is 12.1 Å². The lowest BCUT2D eigenvalue weighted by molar-refractivity contribution is 0.0523. The maximum Gasteiger partial charge on any atom is 0.345 e.